The molecule has 0 aliphatic carbocycles. The monoisotopic (exact) mass is 422 g/mol. The minimum Gasteiger partial charge on any atom is -0.486 e. The molecule has 0 saturated carbocycles. The van der Waals surface area contributed by atoms with E-state index in [1.165, 1.54) is 18.4 Å². The third kappa shape index (κ3) is 4.70. The molecule has 3 saturated heterocycles. The summed E-state index contributed by atoms with van der Waals surface area (Å²) in [4.78, 5) is 15.2. The fourth-order valence-corrected chi connectivity index (χ4v) is 4.71. The number of fused-ring (bicyclic) bond motifs is 4. The topological polar surface area (TPSA) is 60.0 Å². The molecule has 1 amide bonds. The van der Waals surface area contributed by atoms with Crippen LogP contribution >= 0.6 is 0 Å². The molecular formula is C25H30N2O4. The first-order chi connectivity index (χ1) is 15.1. The molecule has 2 atom stereocenters. The van der Waals surface area contributed by atoms with E-state index in [2.05, 4.69) is 41.4 Å². The van der Waals surface area contributed by atoms with Crippen molar-refractivity contribution in [3.63, 3.8) is 0 Å². The molecule has 4 aliphatic heterocycles. The van der Waals surface area contributed by atoms with Gasteiger partial charge in [0.15, 0.2) is 17.6 Å². The number of carbonyl (C=O) groups is 1. The van der Waals surface area contributed by atoms with Crippen LogP contribution in [0.2, 0.25) is 0 Å². The van der Waals surface area contributed by atoms with Crippen molar-refractivity contribution in [2.24, 2.45) is 5.92 Å². The highest BCUT2D eigenvalue weighted by atomic mass is 16.6. The predicted molar refractivity (Wildman–Crippen MR) is 118 cm³/mol. The van der Waals surface area contributed by atoms with Gasteiger partial charge in [0.25, 0.3) is 5.91 Å². The Hall–Kier alpha value is -2.57. The van der Waals surface area contributed by atoms with Gasteiger partial charge in [0.05, 0.1) is 13.2 Å². The highest BCUT2D eigenvalue weighted by molar-refractivity contribution is 5.95. The van der Waals surface area contributed by atoms with Crippen molar-refractivity contribution >= 4 is 5.91 Å². The van der Waals surface area contributed by atoms with E-state index >= 15 is 0 Å². The fourth-order valence-electron chi connectivity index (χ4n) is 4.71. The number of amides is 1. The highest BCUT2D eigenvalue weighted by Gasteiger charge is 2.35. The van der Waals surface area contributed by atoms with Crippen LogP contribution in [0.3, 0.4) is 0 Å². The van der Waals surface area contributed by atoms with Crippen LogP contribution < -0.4 is 14.8 Å². The van der Waals surface area contributed by atoms with E-state index in [1.54, 1.807) is 6.07 Å². The summed E-state index contributed by atoms with van der Waals surface area (Å²) in [5, 5.41) is 3.23. The highest BCUT2D eigenvalue weighted by Crippen LogP contribution is 2.33. The van der Waals surface area contributed by atoms with Crippen molar-refractivity contribution in [3.05, 3.63) is 59.2 Å². The lowest BCUT2D eigenvalue weighted by atomic mass is 9.84. The maximum absolute atomic E-state index is 12.8. The number of hydrogen-bond acceptors (Lipinski definition) is 5. The summed E-state index contributed by atoms with van der Waals surface area (Å²) in [5.74, 6) is 1.85. The summed E-state index contributed by atoms with van der Waals surface area (Å²) in [5.41, 5.74) is 3.00. The minimum atomic E-state index is -0.163. The second-order valence-electron chi connectivity index (χ2n) is 8.93. The molecule has 0 aromatic heterocycles. The van der Waals surface area contributed by atoms with Crippen LogP contribution in [-0.4, -0.2) is 55.8 Å². The third-order valence-electron chi connectivity index (χ3n) is 6.59. The van der Waals surface area contributed by atoms with Gasteiger partial charge in [-0.2, -0.15) is 0 Å². The molecule has 6 rings (SSSR count). The first-order valence-corrected chi connectivity index (χ1v) is 11.2. The van der Waals surface area contributed by atoms with Gasteiger partial charge in [-0.3, -0.25) is 4.79 Å². The molecule has 6 heteroatoms. The Morgan fingerprint density at radius 2 is 1.94 bits per heavy atom. The zero-order valence-electron chi connectivity index (χ0n) is 18.0. The number of nitrogens with zero attached hydrogens (tertiary/aromatic N) is 1. The zero-order chi connectivity index (χ0) is 21.2. The quantitative estimate of drug-likeness (QED) is 0.775. The Labute approximate surface area is 183 Å². The summed E-state index contributed by atoms with van der Waals surface area (Å²) in [6.07, 6.45) is 2.20. The van der Waals surface area contributed by atoms with E-state index in [0.717, 1.165) is 25.2 Å². The molecule has 1 N–H and O–H groups in total. The number of piperidine rings is 3. The van der Waals surface area contributed by atoms with Crippen molar-refractivity contribution in [2.45, 2.75) is 38.5 Å². The average molecular weight is 423 g/mol. The van der Waals surface area contributed by atoms with Gasteiger partial charge in [0.1, 0.15) is 6.61 Å². The van der Waals surface area contributed by atoms with Gasteiger partial charge in [-0.25, -0.2) is 0 Å². The summed E-state index contributed by atoms with van der Waals surface area (Å²) >= 11 is 0. The standard InChI is InChI=1S/C25H30N2O4/c1-17-2-4-18(5-3-17)14-29-15-21-16-30-24-12-20(6-7-23(24)31-21)25(28)26-22-13-27-10-8-19(22)9-11-27/h2-7,12,19,21-22H,8-11,13-16H2,1H3,(H,26,28)/t21-,22+/m1/s1. The van der Waals surface area contributed by atoms with E-state index in [0.29, 0.717) is 42.8 Å². The number of nitrogens with one attached hydrogen (secondary N) is 1. The first kappa shape index (κ1) is 20.3. The average Bonchev–Trinajstić information content (AvgIpc) is 2.81. The number of benzene rings is 2. The zero-order valence-corrected chi connectivity index (χ0v) is 18.0. The molecule has 164 valence electrons. The maximum Gasteiger partial charge on any atom is 0.251 e. The molecule has 31 heavy (non-hydrogen) atoms. The molecule has 4 heterocycles. The number of carbonyl (C=O) groups excluding carboxylic acids is 1. The van der Waals surface area contributed by atoms with Crippen LogP contribution in [0.4, 0.5) is 0 Å². The predicted octanol–water partition coefficient (Wildman–Crippen LogP) is 3.18. The van der Waals surface area contributed by atoms with Gasteiger partial charge in [-0.15, -0.1) is 0 Å². The van der Waals surface area contributed by atoms with Crippen molar-refractivity contribution in [1.29, 1.82) is 0 Å². The van der Waals surface area contributed by atoms with E-state index in [9.17, 15) is 4.79 Å². The van der Waals surface area contributed by atoms with E-state index < -0.39 is 0 Å². The van der Waals surface area contributed by atoms with Gasteiger partial charge in [-0.05, 0) is 62.5 Å². The van der Waals surface area contributed by atoms with E-state index in [-0.39, 0.29) is 18.1 Å². The Morgan fingerprint density at radius 1 is 1.13 bits per heavy atom. The van der Waals surface area contributed by atoms with Crippen molar-refractivity contribution in [2.75, 3.05) is 32.8 Å². The molecular weight excluding hydrogens is 392 g/mol. The Balaban J connectivity index is 1.14. The molecule has 3 fully saturated rings. The van der Waals surface area contributed by atoms with E-state index in [1.807, 2.05) is 12.1 Å². The normalized spacial score (nSPS) is 26.5. The van der Waals surface area contributed by atoms with Gasteiger partial charge >= 0.3 is 0 Å². The number of hydrogen-bond donors (Lipinski definition) is 1. The molecule has 0 radical (unpaired) electrons. The van der Waals surface area contributed by atoms with Gasteiger partial charge in [0, 0.05) is 18.2 Å². The molecule has 2 aromatic carbocycles. The molecule has 0 spiro atoms. The minimum absolute atomic E-state index is 0.0336. The van der Waals surface area contributed by atoms with Crippen molar-refractivity contribution in [3.8, 4) is 11.5 Å². The summed E-state index contributed by atoms with van der Waals surface area (Å²) in [6.45, 7) is 6.77. The van der Waals surface area contributed by atoms with Crippen LogP contribution in [0, 0.1) is 12.8 Å². The second-order valence-corrected chi connectivity index (χ2v) is 8.93. The summed E-state index contributed by atoms with van der Waals surface area (Å²) in [7, 11) is 0. The maximum atomic E-state index is 12.8. The van der Waals surface area contributed by atoms with Gasteiger partial charge in [0.2, 0.25) is 0 Å². The Kier molecular flexibility index (Phi) is 5.83. The van der Waals surface area contributed by atoms with Crippen LogP contribution in [0.15, 0.2) is 42.5 Å². The smallest absolute Gasteiger partial charge is 0.251 e. The lowest BCUT2D eigenvalue weighted by Crippen LogP contribution is -2.57. The summed E-state index contributed by atoms with van der Waals surface area (Å²) < 4.78 is 17.7. The van der Waals surface area contributed by atoms with Gasteiger partial charge in [-0.1, -0.05) is 29.8 Å². The van der Waals surface area contributed by atoms with Crippen molar-refractivity contribution in [1.82, 2.24) is 10.2 Å². The van der Waals surface area contributed by atoms with E-state index in [4.69, 9.17) is 14.2 Å². The molecule has 2 bridgehead atoms. The molecule has 6 nitrogen and oxygen atoms in total. The molecule has 2 aromatic rings. The first-order valence-electron chi connectivity index (χ1n) is 11.2. The fraction of sp³-hybridized carbons (Fsp3) is 0.480. The molecule has 0 unspecified atom stereocenters. The van der Waals surface area contributed by atoms with Crippen LogP contribution in [-0.2, 0) is 11.3 Å². The SMILES string of the molecule is Cc1ccc(COC[C@@H]2COc3cc(C(=O)N[C@H]4CN5CCC4CC5)ccc3O2)cc1. The van der Waals surface area contributed by atoms with Crippen molar-refractivity contribution < 1.29 is 19.0 Å². The van der Waals surface area contributed by atoms with Crippen LogP contribution in [0.1, 0.15) is 34.3 Å². The molecule has 4 aliphatic rings. The number of aryl methyl sites for hydroxylation is 1. The Bertz CT molecular complexity index is 922. The largest absolute Gasteiger partial charge is 0.486 e. The van der Waals surface area contributed by atoms with Gasteiger partial charge < -0.3 is 24.4 Å². The Morgan fingerprint density at radius 3 is 2.68 bits per heavy atom. The number of ether oxygens (including phenoxy) is 3. The third-order valence-corrected chi connectivity index (χ3v) is 6.59. The lowest BCUT2D eigenvalue weighted by molar-refractivity contribution is 0.00267. The summed E-state index contributed by atoms with van der Waals surface area (Å²) in [6, 6.07) is 14.0. The van der Waals surface area contributed by atoms with Crippen LogP contribution in [0.5, 0.6) is 11.5 Å². The number of rotatable bonds is 6. The second kappa shape index (κ2) is 8.89. The lowest BCUT2D eigenvalue weighted by Gasteiger charge is -2.44. The van der Waals surface area contributed by atoms with Crippen LogP contribution in [0.25, 0.3) is 0 Å².